The van der Waals surface area contributed by atoms with E-state index in [0.717, 1.165) is 10.5 Å². The lowest BCUT2D eigenvalue weighted by molar-refractivity contribution is 0.656. The van der Waals surface area contributed by atoms with Crippen LogP contribution >= 0.6 is 23.5 Å². The molecular formula is C18H38S2. The topological polar surface area (TPSA) is 0 Å². The van der Waals surface area contributed by atoms with Gasteiger partial charge < -0.3 is 0 Å². The summed E-state index contributed by atoms with van der Waals surface area (Å²) >= 11 is 4.44. The predicted octanol–water partition coefficient (Wildman–Crippen LogP) is 7.38. The van der Waals surface area contributed by atoms with Gasteiger partial charge in [0.25, 0.3) is 0 Å². The zero-order chi connectivity index (χ0) is 15.1. The van der Waals surface area contributed by atoms with Gasteiger partial charge in [0.15, 0.2) is 0 Å². The average molecular weight is 319 g/mol. The van der Waals surface area contributed by atoms with Crippen molar-refractivity contribution in [2.45, 2.75) is 96.5 Å². The molecule has 122 valence electrons. The van der Waals surface area contributed by atoms with Crippen LogP contribution < -0.4 is 0 Å². The molecule has 0 radical (unpaired) electrons. The molecular weight excluding hydrogens is 280 g/mol. The smallest absolute Gasteiger partial charge is 0.0525 e. The molecule has 0 aliphatic carbocycles. The van der Waals surface area contributed by atoms with E-state index < -0.39 is 0 Å². The van der Waals surface area contributed by atoms with E-state index >= 15 is 0 Å². The second-order valence-corrected chi connectivity index (χ2v) is 8.98. The van der Waals surface area contributed by atoms with E-state index in [-0.39, 0.29) is 0 Å². The monoisotopic (exact) mass is 318 g/mol. The summed E-state index contributed by atoms with van der Waals surface area (Å²) in [6.07, 6.45) is 14.2. The van der Waals surface area contributed by atoms with Gasteiger partial charge in [-0.1, -0.05) is 79.1 Å². The fourth-order valence-electron chi connectivity index (χ4n) is 2.24. The molecule has 0 aromatic carbocycles. The van der Waals surface area contributed by atoms with Crippen molar-refractivity contribution in [3.63, 3.8) is 0 Å². The lowest BCUT2D eigenvalue weighted by atomic mass is 10.2. The van der Waals surface area contributed by atoms with Gasteiger partial charge in [0.1, 0.15) is 0 Å². The molecule has 0 aromatic heterocycles. The Balaban J connectivity index is 3.51. The molecule has 0 aliphatic rings. The molecule has 0 heterocycles. The minimum absolute atomic E-state index is 0.816. The van der Waals surface area contributed by atoms with Gasteiger partial charge in [0.05, 0.1) is 4.58 Å². The Kier molecular flexibility index (Phi) is 16.6. The Morgan fingerprint density at radius 1 is 0.600 bits per heavy atom. The van der Waals surface area contributed by atoms with E-state index in [0.29, 0.717) is 0 Å². The van der Waals surface area contributed by atoms with Crippen LogP contribution in [-0.4, -0.2) is 16.1 Å². The third-order valence-electron chi connectivity index (χ3n) is 3.60. The van der Waals surface area contributed by atoms with Crippen molar-refractivity contribution in [3.05, 3.63) is 0 Å². The van der Waals surface area contributed by atoms with Gasteiger partial charge >= 0.3 is 0 Å². The molecule has 0 N–H and O–H groups in total. The molecule has 2 heteroatoms. The van der Waals surface area contributed by atoms with Gasteiger partial charge in [-0.25, -0.2) is 0 Å². The molecule has 0 saturated carbocycles. The maximum absolute atomic E-state index is 2.39. The zero-order valence-corrected chi connectivity index (χ0v) is 16.1. The predicted molar refractivity (Wildman–Crippen MR) is 101 cm³/mol. The first kappa shape index (κ1) is 20.7. The highest BCUT2D eigenvalue weighted by Gasteiger charge is 2.13. The Bertz CT molecular complexity index is 164. The van der Waals surface area contributed by atoms with Gasteiger partial charge in [-0.3, -0.25) is 0 Å². The summed E-state index contributed by atoms with van der Waals surface area (Å²) in [6.45, 7) is 9.36. The quantitative estimate of drug-likeness (QED) is 0.228. The third-order valence-corrected chi connectivity index (χ3v) is 7.22. The molecule has 0 aliphatic heterocycles. The fraction of sp³-hybridized carbons (Fsp3) is 1.00. The molecule has 0 rings (SSSR count). The summed E-state index contributed by atoms with van der Waals surface area (Å²) < 4.78 is 0.826. The third kappa shape index (κ3) is 13.7. The van der Waals surface area contributed by atoms with Crippen molar-refractivity contribution in [1.29, 1.82) is 0 Å². The summed E-state index contributed by atoms with van der Waals surface area (Å²) in [5.74, 6) is 3.56. The fourth-order valence-corrected chi connectivity index (χ4v) is 5.18. The Morgan fingerprint density at radius 2 is 1.00 bits per heavy atom. The van der Waals surface area contributed by atoms with Gasteiger partial charge in [-0.15, -0.1) is 23.5 Å². The Hall–Kier alpha value is 0.700. The van der Waals surface area contributed by atoms with Gasteiger partial charge in [0.2, 0.25) is 0 Å². The van der Waals surface area contributed by atoms with Crippen LogP contribution in [0.4, 0.5) is 0 Å². The SMILES string of the molecule is CCCCCCCSC(SCCCCCCC)C(C)C. The largest absolute Gasteiger partial charge is 0.147 e. The summed E-state index contributed by atoms with van der Waals surface area (Å²) in [5, 5.41) is 0. The number of unbranched alkanes of at least 4 members (excludes halogenated alkanes) is 8. The molecule has 0 nitrogen and oxygen atoms in total. The van der Waals surface area contributed by atoms with Crippen molar-refractivity contribution in [2.24, 2.45) is 5.92 Å². The highest BCUT2D eigenvalue weighted by Crippen LogP contribution is 2.32. The van der Waals surface area contributed by atoms with E-state index in [2.05, 4.69) is 51.2 Å². The van der Waals surface area contributed by atoms with Crippen LogP contribution in [0.5, 0.6) is 0 Å². The van der Waals surface area contributed by atoms with Crippen LogP contribution in [0.15, 0.2) is 0 Å². The maximum atomic E-state index is 2.39. The molecule has 0 bridgehead atoms. The first-order valence-electron chi connectivity index (χ1n) is 8.95. The van der Waals surface area contributed by atoms with E-state index in [1.54, 1.807) is 0 Å². The van der Waals surface area contributed by atoms with Crippen LogP contribution in [-0.2, 0) is 0 Å². The van der Waals surface area contributed by atoms with E-state index in [9.17, 15) is 0 Å². The number of hydrogen-bond donors (Lipinski definition) is 0. The Morgan fingerprint density at radius 3 is 1.35 bits per heavy atom. The number of hydrogen-bond acceptors (Lipinski definition) is 2. The molecule has 20 heavy (non-hydrogen) atoms. The molecule has 0 unspecified atom stereocenters. The second-order valence-electron chi connectivity index (χ2n) is 6.18. The summed E-state index contributed by atoms with van der Waals surface area (Å²) in [7, 11) is 0. The van der Waals surface area contributed by atoms with Gasteiger partial charge in [-0.05, 0) is 30.3 Å². The number of rotatable bonds is 15. The normalized spacial score (nSPS) is 11.7. The van der Waals surface area contributed by atoms with Crippen LogP contribution in [0.25, 0.3) is 0 Å². The van der Waals surface area contributed by atoms with Crippen molar-refractivity contribution in [2.75, 3.05) is 11.5 Å². The lowest BCUT2D eigenvalue weighted by Crippen LogP contribution is -2.08. The zero-order valence-electron chi connectivity index (χ0n) is 14.5. The van der Waals surface area contributed by atoms with Crippen LogP contribution in [0.1, 0.15) is 91.9 Å². The molecule has 0 spiro atoms. The Labute approximate surface area is 137 Å². The lowest BCUT2D eigenvalue weighted by Gasteiger charge is -2.20. The van der Waals surface area contributed by atoms with Gasteiger partial charge in [0, 0.05) is 0 Å². The van der Waals surface area contributed by atoms with Crippen LogP contribution in [0.3, 0.4) is 0 Å². The van der Waals surface area contributed by atoms with Crippen molar-refractivity contribution >= 4 is 23.5 Å². The first-order chi connectivity index (χ1) is 9.72. The second kappa shape index (κ2) is 16.1. The number of thioether (sulfide) groups is 2. The minimum atomic E-state index is 0.816. The molecule has 0 amide bonds. The van der Waals surface area contributed by atoms with Gasteiger partial charge in [-0.2, -0.15) is 0 Å². The minimum Gasteiger partial charge on any atom is -0.147 e. The van der Waals surface area contributed by atoms with E-state index in [1.807, 2.05) is 0 Å². The van der Waals surface area contributed by atoms with Crippen molar-refractivity contribution < 1.29 is 0 Å². The van der Waals surface area contributed by atoms with E-state index in [4.69, 9.17) is 0 Å². The first-order valence-corrected chi connectivity index (χ1v) is 11.0. The molecule has 0 atom stereocenters. The summed E-state index contributed by atoms with van der Waals surface area (Å²) in [6, 6.07) is 0. The average Bonchev–Trinajstić information content (AvgIpc) is 2.43. The van der Waals surface area contributed by atoms with Crippen LogP contribution in [0.2, 0.25) is 0 Å². The molecule has 0 saturated heterocycles. The van der Waals surface area contributed by atoms with Crippen molar-refractivity contribution in [1.82, 2.24) is 0 Å². The summed E-state index contributed by atoms with van der Waals surface area (Å²) in [5.41, 5.74) is 0. The van der Waals surface area contributed by atoms with Crippen LogP contribution in [0, 0.1) is 5.92 Å². The highest BCUT2D eigenvalue weighted by molar-refractivity contribution is 8.17. The maximum Gasteiger partial charge on any atom is 0.0525 e. The van der Waals surface area contributed by atoms with E-state index in [1.165, 1.54) is 75.7 Å². The summed E-state index contributed by atoms with van der Waals surface area (Å²) in [4.78, 5) is 0. The highest BCUT2D eigenvalue weighted by atomic mass is 32.2. The standard InChI is InChI=1S/C18H38S2/c1-5-7-9-11-13-15-19-18(17(3)4)20-16-14-12-10-8-6-2/h17-18H,5-16H2,1-4H3. The van der Waals surface area contributed by atoms with Crippen molar-refractivity contribution in [3.8, 4) is 0 Å². The molecule has 0 fully saturated rings. The molecule has 0 aromatic rings.